The lowest BCUT2D eigenvalue weighted by molar-refractivity contribution is -0.126. The summed E-state index contributed by atoms with van der Waals surface area (Å²) < 4.78 is 5.43. The van der Waals surface area contributed by atoms with E-state index >= 15 is 0 Å². The Morgan fingerprint density at radius 3 is 2.12 bits per heavy atom. The van der Waals surface area contributed by atoms with Crippen LogP contribution in [0.2, 0.25) is 0 Å². The minimum Gasteiger partial charge on any atom is -0.381 e. The molecule has 0 heterocycles. The van der Waals surface area contributed by atoms with Crippen molar-refractivity contribution in [2.75, 3.05) is 26.3 Å². The van der Waals surface area contributed by atoms with E-state index in [-0.39, 0.29) is 24.7 Å². The predicted molar refractivity (Wildman–Crippen MR) is 98.9 cm³/mol. The zero-order valence-electron chi connectivity index (χ0n) is 16.0. The van der Waals surface area contributed by atoms with Gasteiger partial charge >= 0.3 is 0 Å². The van der Waals surface area contributed by atoms with Crippen LogP contribution < -0.4 is 10.6 Å². The maximum atomic E-state index is 11.8. The Bertz CT molecular complexity index is 322. The fourth-order valence-electron chi connectivity index (χ4n) is 2.36. The topological polar surface area (TPSA) is 67.4 Å². The number of hydrogen-bond donors (Lipinski definition) is 2. The van der Waals surface area contributed by atoms with Crippen LogP contribution in [0.25, 0.3) is 0 Å². The molecule has 0 aromatic heterocycles. The average Bonchev–Trinajstić information content (AvgIpc) is 2.59. The lowest BCUT2D eigenvalue weighted by atomic mass is 9.99. The summed E-state index contributed by atoms with van der Waals surface area (Å²) in [6.07, 6.45) is 8.20. The van der Waals surface area contributed by atoms with Gasteiger partial charge < -0.3 is 15.4 Å². The summed E-state index contributed by atoms with van der Waals surface area (Å²) in [5.74, 6) is 0.468. The molecule has 0 rings (SSSR count). The van der Waals surface area contributed by atoms with E-state index in [2.05, 4.69) is 31.4 Å². The van der Waals surface area contributed by atoms with Gasteiger partial charge in [0.2, 0.25) is 11.8 Å². The van der Waals surface area contributed by atoms with Gasteiger partial charge in [-0.2, -0.15) is 0 Å². The minimum atomic E-state index is -0.0586. The van der Waals surface area contributed by atoms with E-state index in [1.54, 1.807) is 0 Å². The van der Waals surface area contributed by atoms with Gasteiger partial charge in [0.25, 0.3) is 0 Å². The molecule has 2 amide bonds. The van der Waals surface area contributed by atoms with Gasteiger partial charge in [0.05, 0.1) is 0 Å². The van der Waals surface area contributed by atoms with Gasteiger partial charge in [0.15, 0.2) is 0 Å². The second-order valence-electron chi connectivity index (χ2n) is 6.39. The largest absolute Gasteiger partial charge is 0.381 e. The number of unbranched alkanes of at least 4 members (excludes halogenated alkanes) is 2. The molecule has 1 unspecified atom stereocenters. The summed E-state index contributed by atoms with van der Waals surface area (Å²) in [4.78, 5) is 23.5. The highest BCUT2D eigenvalue weighted by molar-refractivity contribution is 5.83. The van der Waals surface area contributed by atoms with Gasteiger partial charge in [0.1, 0.15) is 0 Å². The van der Waals surface area contributed by atoms with Gasteiger partial charge in [-0.05, 0) is 25.2 Å². The van der Waals surface area contributed by atoms with Crippen LogP contribution in [0, 0.1) is 5.92 Å². The molecule has 0 aliphatic carbocycles. The molecule has 0 fully saturated rings. The summed E-state index contributed by atoms with van der Waals surface area (Å²) >= 11 is 0. The van der Waals surface area contributed by atoms with Crippen molar-refractivity contribution in [3.05, 3.63) is 0 Å². The van der Waals surface area contributed by atoms with E-state index in [0.717, 1.165) is 45.3 Å². The number of carbonyl (C=O) groups is 2. The first-order valence-corrected chi connectivity index (χ1v) is 9.75. The molecule has 0 aromatic rings. The van der Waals surface area contributed by atoms with Crippen LogP contribution in [-0.4, -0.2) is 38.1 Å². The smallest absolute Gasteiger partial charge is 0.220 e. The third-order valence-electron chi connectivity index (χ3n) is 4.14. The first-order chi connectivity index (χ1) is 11.6. The van der Waals surface area contributed by atoms with Crippen LogP contribution in [0.3, 0.4) is 0 Å². The molecule has 2 N–H and O–H groups in total. The Kier molecular flexibility index (Phi) is 16.0. The van der Waals surface area contributed by atoms with Gasteiger partial charge in [-0.15, -0.1) is 0 Å². The molecule has 5 nitrogen and oxygen atoms in total. The average molecular weight is 343 g/mol. The SMILES string of the molecule is CCCCOCCCNC(=O)CCC(=O)NCC(CC)CCCC. The highest BCUT2D eigenvalue weighted by Gasteiger charge is 2.10. The molecule has 0 bridgehead atoms. The van der Waals surface area contributed by atoms with Crippen molar-refractivity contribution in [3.63, 3.8) is 0 Å². The van der Waals surface area contributed by atoms with Crippen LogP contribution in [0.1, 0.15) is 78.6 Å². The molecule has 0 radical (unpaired) electrons. The second kappa shape index (κ2) is 16.7. The molecule has 24 heavy (non-hydrogen) atoms. The lowest BCUT2D eigenvalue weighted by Gasteiger charge is -2.15. The number of rotatable bonds is 16. The standard InChI is InChI=1S/C19H38N2O3/c1-4-7-10-17(6-3)16-21-19(23)12-11-18(22)20-13-9-15-24-14-8-5-2/h17H,4-16H2,1-3H3,(H,20,22)(H,21,23). The Morgan fingerprint density at radius 2 is 1.50 bits per heavy atom. The molecular weight excluding hydrogens is 304 g/mol. The van der Waals surface area contributed by atoms with Gasteiger partial charge in [0, 0.05) is 39.1 Å². The Hall–Kier alpha value is -1.10. The normalized spacial score (nSPS) is 12.0. The van der Waals surface area contributed by atoms with Crippen molar-refractivity contribution < 1.29 is 14.3 Å². The number of ether oxygens (including phenoxy) is 1. The molecule has 0 spiro atoms. The fourth-order valence-corrected chi connectivity index (χ4v) is 2.36. The molecule has 0 saturated carbocycles. The van der Waals surface area contributed by atoms with Gasteiger partial charge in [-0.3, -0.25) is 9.59 Å². The summed E-state index contributed by atoms with van der Waals surface area (Å²) in [7, 11) is 0. The zero-order valence-corrected chi connectivity index (χ0v) is 16.0. The molecule has 5 heteroatoms. The van der Waals surface area contributed by atoms with Crippen molar-refractivity contribution in [1.29, 1.82) is 0 Å². The molecule has 142 valence electrons. The fraction of sp³-hybridized carbons (Fsp3) is 0.895. The first kappa shape index (κ1) is 22.9. The highest BCUT2D eigenvalue weighted by atomic mass is 16.5. The molecule has 0 aliphatic rings. The van der Waals surface area contributed by atoms with Crippen LogP contribution >= 0.6 is 0 Å². The van der Waals surface area contributed by atoms with Crippen molar-refractivity contribution in [2.45, 2.75) is 78.6 Å². The highest BCUT2D eigenvalue weighted by Crippen LogP contribution is 2.11. The number of amides is 2. The Labute approximate surface area is 148 Å². The maximum absolute atomic E-state index is 11.8. The second-order valence-corrected chi connectivity index (χ2v) is 6.39. The van der Waals surface area contributed by atoms with E-state index in [1.165, 1.54) is 12.8 Å². The summed E-state index contributed by atoms with van der Waals surface area (Å²) in [5.41, 5.74) is 0. The number of carbonyl (C=O) groups excluding carboxylic acids is 2. The number of hydrogen-bond acceptors (Lipinski definition) is 3. The first-order valence-electron chi connectivity index (χ1n) is 9.75. The van der Waals surface area contributed by atoms with Crippen molar-refractivity contribution in [3.8, 4) is 0 Å². The van der Waals surface area contributed by atoms with Crippen molar-refractivity contribution in [2.24, 2.45) is 5.92 Å². The minimum absolute atomic E-state index is 0.0250. The molecule has 1 atom stereocenters. The predicted octanol–water partition coefficient (Wildman–Crippen LogP) is 3.42. The third kappa shape index (κ3) is 14.5. The van der Waals surface area contributed by atoms with Crippen molar-refractivity contribution >= 4 is 11.8 Å². The summed E-state index contributed by atoms with van der Waals surface area (Å²) in [6.45, 7) is 9.28. The van der Waals surface area contributed by atoms with Gasteiger partial charge in [-0.1, -0.05) is 46.5 Å². The van der Waals surface area contributed by atoms with Crippen LogP contribution in [0.15, 0.2) is 0 Å². The Morgan fingerprint density at radius 1 is 0.875 bits per heavy atom. The summed E-state index contributed by atoms with van der Waals surface area (Å²) in [5, 5.41) is 5.79. The quantitative estimate of drug-likeness (QED) is 0.422. The van der Waals surface area contributed by atoms with E-state index in [9.17, 15) is 9.59 Å². The molecule has 0 saturated heterocycles. The van der Waals surface area contributed by atoms with E-state index in [4.69, 9.17) is 4.74 Å². The van der Waals surface area contributed by atoms with E-state index in [1.807, 2.05) is 0 Å². The maximum Gasteiger partial charge on any atom is 0.220 e. The number of nitrogens with one attached hydrogen (secondary N) is 2. The third-order valence-corrected chi connectivity index (χ3v) is 4.14. The van der Waals surface area contributed by atoms with Gasteiger partial charge in [-0.25, -0.2) is 0 Å². The van der Waals surface area contributed by atoms with Crippen LogP contribution in [-0.2, 0) is 14.3 Å². The Balaban J connectivity index is 3.58. The van der Waals surface area contributed by atoms with Crippen molar-refractivity contribution in [1.82, 2.24) is 10.6 Å². The van der Waals surface area contributed by atoms with Crippen LogP contribution in [0.4, 0.5) is 0 Å². The van der Waals surface area contributed by atoms with E-state index in [0.29, 0.717) is 19.1 Å². The molecular formula is C19H38N2O3. The summed E-state index contributed by atoms with van der Waals surface area (Å²) in [6, 6.07) is 0. The lowest BCUT2D eigenvalue weighted by Crippen LogP contribution is -2.31. The molecule has 0 aliphatic heterocycles. The monoisotopic (exact) mass is 342 g/mol. The molecule has 0 aromatic carbocycles. The van der Waals surface area contributed by atoms with E-state index < -0.39 is 0 Å². The zero-order chi connectivity index (χ0) is 18.0. The van der Waals surface area contributed by atoms with Crippen LogP contribution in [0.5, 0.6) is 0 Å².